The largest absolute Gasteiger partial charge is 0.361 e. The molecule has 8 heteroatoms. The minimum Gasteiger partial charge on any atom is -0.361 e. The first-order chi connectivity index (χ1) is 11.8. The number of amides is 1. The Bertz CT molecular complexity index is 724. The van der Waals surface area contributed by atoms with Crippen LogP contribution in [0.3, 0.4) is 0 Å². The molecule has 25 heavy (non-hydrogen) atoms. The van der Waals surface area contributed by atoms with Gasteiger partial charge >= 0.3 is 0 Å². The third kappa shape index (κ3) is 3.60. The quantitative estimate of drug-likeness (QED) is 0.764. The summed E-state index contributed by atoms with van der Waals surface area (Å²) in [5.74, 6) is 0.707. The molecule has 1 aromatic heterocycles. The van der Waals surface area contributed by atoms with Gasteiger partial charge in [-0.3, -0.25) is 4.79 Å². The molecule has 3 aliphatic heterocycles. The van der Waals surface area contributed by atoms with Crippen LogP contribution >= 0.6 is 0 Å². The molecular weight excluding hydrogens is 342 g/mol. The van der Waals surface area contributed by atoms with Crippen molar-refractivity contribution in [1.29, 1.82) is 0 Å². The second-order valence-corrected chi connectivity index (χ2v) is 9.27. The van der Waals surface area contributed by atoms with Gasteiger partial charge in [-0.15, -0.1) is 0 Å². The molecule has 4 heterocycles. The van der Waals surface area contributed by atoms with E-state index in [1.54, 1.807) is 4.31 Å². The van der Waals surface area contributed by atoms with Crippen molar-refractivity contribution in [3.63, 3.8) is 0 Å². The van der Waals surface area contributed by atoms with Gasteiger partial charge in [0, 0.05) is 24.7 Å². The number of hydrogen-bond acceptors (Lipinski definition) is 5. The van der Waals surface area contributed by atoms with Crippen LogP contribution in [0.5, 0.6) is 0 Å². The second-order valence-electron chi connectivity index (χ2n) is 7.18. The number of carbonyl (C=O) groups is 1. The van der Waals surface area contributed by atoms with Gasteiger partial charge in [0.2, 0.25) is 15.9 Å². The Labute approximate surface area is 149 Å². The first-order valence-corrected chi connectivity index (χ1v) is 10.6. The number of hydrogen-bond donors (Lipinski definition) is 0. The standard InChI is InChI=1S/C17H27N3O4S/c1-4-5-8-25(22,23)19-9-14-6-7-15(10-19)20(17(14)21)11-16-12(2)18-24-13(16)3/h14-15H,4-11H2,1-3H3/t14-,15+/m0/s1. The van der Waals surface area contributed by atoms with Crippen molar-refractivity contribution in [2.75, 3.05) is 18.8 Å². The zero-order valence-corrected chi connectivity index (χ0v) is 16.0. The number of carbonyl (C=O) groups excluding carboxylic acids is 1. The molecule has 2 atom stereocenters. The predicted molar refractivity (Wildman–Crippen MR) is 93.3 cm³/mol. The van der Waals surface area contributed by atoms with Gasteiger partial charge in [0.15, 0.2) is 0 Å². The summed E-state index contributed by atoms with van der Waals surface area (Å²) in [6.45, 7) is 6.86. The molecule has 3 fully saturated rings. The number of nitrogens with zero attached hydrogens (tertiary/aromatic N) is 3. The van der Waals surface area contributed by atoms with Crippen LogP contribution in [0.2, 0.25) is 0 Å². The van der Waals surface area contributed by atoms with E-state index < -0.39 is 10.0 Å². The van der Waals surface area contributed by atoms with Crippen molar-refractivity contribution < 1.29 is 17.7 Å². The molecule has 0 aliphatic carbocycles. The van der Waals surface area contributed by atoms with Gasteiger partial charge in [0.1, 0.15) is 5.76 Å². The molecule has 7 nitrogen and oxygen atoms in total. The second kappa shape index (κ2) is 7.07. The number of piperidine rings is 1. The summed E-state index contributed by atoms with van der Waals surface area (Å²) >= 11 is 0. The van der Waals surface area contributed by atoms with Gasteiger partial charge in [-0.2, -0.15) is 4.31 Å². The first kappa shape index (κ1) is 18.4. The normalized spacial score (nSPS) is 24.8. The number of sulfonamides is 1. The molecule has 0 aromatic carbocycles. The van der Waals surface area contributed by atoms with Crippen molar-refractivity contribution in [1.82, 2.24) is 14.4 Å². The number of aryl methyl sites for hydroxylation is 2. The maximum Gasteiger partial charge on any atom is 0.227 e. The van der Waals surface area contributed by atoms with Gasteiger partial charge in [-0.05, 0) is 33.1 Å². The summed E-state index contributed by atoms with van der Waals surface area (Å²) in [7, 11) is -3.30. The highest BCUT2D eigenvalue weighted by Gasteiger charge is 2.43. The Kier molecular flexibility index (Phi) is 5.20. The SMILES string of the molecule is CCCCS(=O)(=O)N1C[C@@H]2CC[C@H](C1)N(Cc1c(C)noc1C)C2=O. The molecule has 0 saturated carbocycles. The van der Waals surface area contributed by atoms with Crippen molar-refractivity contribution in [3.05, 3.63) is 17.0 Å². The van der Waals surface area contributed by atoms with E-state index in [0.717, 1.165) is 36.3 Å². The Morgan fingerprint density at radius 2 is 2.00 bits per heavy atom. The van der Waals surface area contributed by atoms with E-state index in [9.17, 15) is 13.2 Å². The van der Waals surface area contributed by atoms with E-state index in [-0.39, 0.29) is 23.6 Å². The molecule has 0 radical (unpaired) electrons. The van der Waals surface area contributed by atoms with Crippen molar-refractivity contribution >= 4 is 15.9 Å². The Morgan fingerprint density at radius 1 is 1.24 bits per heavy atom. The minimum absolute atomic E-state index is 0.0597. The fourth-order valence-corrected chi connectivity index (χ4v) is 5.51. The van der Waals surface area contributed by atoms with E-state index in [1.807, 2.05) is 25.7 Å². The maximum atomic E-state index is 12.9. The highest BCUT2D eigenvalue weighted by Crippen LogP contribution is 2.32. The van der Waals surface area contributed by atoms with Crippen LogP contribution in [-0.4, -0.2) is 53.6 Å². The summed E-state index contributed by atoms with van der Waals surface area (Å²) < 4.78 is 32.0. The number of unbranched alkanes of at least 4 members (excludes halogenated alkanes) is 1. The number of fused-ring (bicyclic) bond motifs is 4. The predicted octanol–water partition coefficient (Wildman–Crippen LogP) is 1.84. The minimum atomic E-state index is -3.30. The molecule has 3 aliphatic rings. The van der Waals surface area contributed by atoms with E-state index in [4.69, 9.17) is 4.52 Å². The summed E-state index contributed by atoms with van der Waals surface area (Å²) in [5, 5.41) is 3.96. The molecule has 0 unspecified atom stereocenters. The maximum absolute atomic E-state index is 12.9. The number of rotatable bonds is 6. The summed E-state index contributed by atoms with van der Waals surface area (Å²) in [5.41, 5.74) is 1.72. The molecule has 4 rings (SSSR count). The fraction of sp³-hybridized carbons (Fsp3) is 0.765. The Balaban J connectivity index is 1.82. The van der Waals surface area contributed by atoms with Gasteiger partial charge in [0.25, 0.3) is 0 Å². The Hall–Kier alpha value is -1.41. The van der Waals surface area contributed by atoms with Crippen molar-refractivity contribution in [2.24, 2.45) is 5.92 Å². The van der Waals surface area contributed by atoms with Crippen LogP contribution in [-0.2, 0) is 21.4 Å². The summed E-state index contributed by atoms with van der Waals surface area (Å²) in [6.07, 6.45) is 3.11. The highest BCUT2D eigenvalue weighted by atomic mass is 32.2. The molecule has 1 aromatic rings. The molecule has 0 N–H and O–H groups in total. The van der Waals surface area contributed by atoms with Crippen molar-refractivity contribution in [2.45, 2.75) is 59.0 Å². The molecule has 2 bridgehead atoms. The lowest BCUT2D eigenvalue weighted by atomic mass is 9.93. The average Bonchev–Trinajstić information content (AvgIpc) is 2.76. The van der Waals surface area contributed by atoms with E-state index in [0.29, 0.717) is 26.1 Å². The highest BCUT2D eigenvalue weighted by molar-refractivity contribution is 7.89. The first-order valence-electron chi connectivity index (χ1n) is 9.03. The molecule has 140 valence electrons. The van der Waals surface area contributed by atoms with Gasteiger partial charge in [-0.1, -0.05) is 18.5 Å². The Morgan fingerprint density at radius 3 is 2.64 bits per heavy atom. The van der Waals surface area contributed by atoms with Crippen LogP contribution in [0.25, 0.3) is 0 Å². The van der Waals surface area contributed by atoms with Crippen molar-refractivity contribution in [3.8, 4) is 0 Å². The molecular formula is C17H27N3O4S. The van der Waals surface area contributed by atoms with Gasteiger partial charge in [-0.25, -0.2) is 8.42 Å². The monoisotopic (exact) mass is 369 g/mol. The molecule has 0 spiro atoms. The lowest BCUT2D eigenvalue weighted by molar-refractivity contribution is -0.140. The lowest BCUT2D eigenvalue weighted by Crippen LogP contribution is -2.47. The van der Waals surface area contributed by atoms with Crippen LogP contribution < -0.4 is 0 Å². The summed E-state index contributed by atoms with van der Waals surface area (Å²) in [6, 6.07) is -0.0728. The average molecular weight is 369 g/mol. The van der Waals surface area contributed by atoms with Gasteiger partial charge in [0.05, 0.1) is 23.9 Å². The van der Waals surface area contributed by atoms with Crippen LogP contribution in [0.15, 0.2) is 4.52 Å². The fourth-order valence-electron chi connectivity index (χ4n) is 3.79. The molecule has 3 saturated heterocycles. The van der Waals surface area contributed by atoms with E-state index >= 15 is 0 Å². The van der Waals surface area contributed by atoms with Gasteiger partial charge < -0.3 is 9.42 Å². The van der Waals surface area contributed by atoms with Crippen LogP contribution in [0, 0.1) is 19.8 Å². The zero-order valence-electron chi connectivity index (χ0n) is 15.2. The number of aromatic nitrogens is 1. The third-order valence-corrected chi connectivity index (χ3v) is 7.31. The lowest BCUT2D eigenvalue weighted by Gasteiger charge is -2.36. The smallest absolute Gasteiger partial charge is 0.227 e. The summed E-state index contributed by atoms with van der Waals surface area (Å²) in [4.78, 5) is 14.7. The molecule has 1 amide bonds. The third-order valence-electron chi connectivity index (χ3n) is 5.42. The van der Waals surface area contributed by atoms with E-state index in [1.165, 1.54) is 0 Å². The topological polar surface area (TPSA) is 83.7 Å². The van der Waals surface area contributed by atoms with Crippen LogP contribution in [0.4, 0.5) is 0 Å². The van der Waals surface area contributed by atoms with Crippen LogP contribution in [0.1, 0.15) is 49.6 Å². The van der Waals surface area contributed by atoms with E-state index in [2.05, 4.69) is 5.16 Å². The zero-order chi connectivity index (χ0) is 18.2.